The first kappa shape index (κ1) is 16.5. The van der Waals surface area contributed by atoms with Gasteiger partial charge in [0.25, 0.3) is 0 Å². The fourth-order valence-corrected chi connectivity index (χ4v) is 3.83. The zero-order valence-electron chi connectivity index (χ0n) is 14.5. The van der Waals surface area contributed by atoms with Crippen LogP contribution in [0, 0.1) is 23.2 Å². The summed E-state index contributed by atoms with van der Waals surface area (Å²) in [6.45, 7) is 2.63. The molecule has 0 aromatic carbocycles. The van der Waals surface area contributed by atoms with Gasteiger partial charge in [-0.25, -0.2) is 15.0 Å². The number of piperidine rings is 1. The van der Waals surface area contributed by atoms with Crippen molar-refractivity contribution in [2.24, 2.45) is 0 Å². The number of rotatable bonds is 1. The molecule has 0 bridgehead atoms. The Morgan fingerprint density at radius 1 is 1.04 bits per heavy atom. The zero-order chi connectivity index (χ0) is 17.8. The van der Waals surface area contributed by atoms with E-state index in [2.05, 4.69) is 42.7 Å². The number of fused-ring (bicyclic) bond motifs is 1. The molecule has 26 heavy (non-hydrogen) atoms. The number of pyridine rings is 1. The lowest BCUT2D eigenvalue weighted by molar-refractivity contribution is 0.100. The highest BCUT2D eigenvalue weighted by Gasteiger charge is 2.35. The van der Waals surface area contributed by atoms with Crippen molar-refractivity contribution in [3.63, 3.8) is 0 Å². The maximum Gasteiger partial charge on any atom is 0.183 e. The van der Waals surface area contributed by atoms with Crippen LogP contribution in [0.2, 0.25) is 0 Å². The van der Waals surface area contributed by atoms with E-state index >= 15 is 0 Å². The van der Waals surface area contributed by atoms with Crippen molar-refractivity contribution in [1.82, 2.24) is 19.9 Å². The Labute approximate surface area is 153 Å². The first-order chi connectivity index (χ1) is 12.8. The van der Waals surface area contributed by atoms with Gasteiger partial charge in [-0.05, 0) is 37.3 Å². The summed E-state index contributed by atoms with van der Waals surface area (Å²) in [6, 6.07) is 8.68. The lowest BCUT2D eigenvalue weighted by Crippen LogP contribution is -2.58. The third kappa shape index (κ3) is 3.37. The highest BCUT2D eigenvalue weighted by Crippen LogP contribution is 2.28. The summed E-state index contributed by atoms with van der Waals surface area (Å²) in [5.41, 5.74) is 1.23. The summed E-state index contributed by atoms with van der Waals surface area (Å²) in [5, 5.41) is 9.29. The fraction of sp³-hybridized carbons (Fsp3) is 0.400. The van der Waals surface area contributed by atoms with Crippen molar-refractivity contribution < 1.29 is 0 Å². The van der Waals surface area contributed by atoms with Crippen LogP contribution >= 0.6 is 0 Å². The molecule has 0 amide bonds. The minimum Gasteiger partial charge on any atom is -0.351 e. The molecule has 6 nitrogen and oxygen atoms in total. The second kappa shape index (κ2) is 7.51. The maximum atomic E-state index is 9.29. The number of aromatic nitrogens is 3. The van der Waals surface area contributed by atoms with Gasteiger partial charge in [-0.1, -0.05) is 12.0 Å². The molecule has 2 saturated heterocycles. The molecule has 0 radical (unpaired) electrons. The van der Waals surface area contributed by atoms with Gasteiger partial charge in [0.05, 0.1) is 6.04 Å². The Bertz CT molecular complexity index is 863. The monoisotopic (exact) mass is 344 g/mol. The van der Waals surface area contributed by atoms with E-state index in [9.17, 15) is 5.26 Å². The molecule has 1 unspecified atom stereocenters. The Kier molecular flexibility index (Phi) is 4.77. The highest BCUT2D eigenvalue weighted by atomic mass is 15.3. The van der Waals surface area contributed by atoms with E-state index in [1.165, 1.54) is 6.42 Å². The number of nitriles is 1. The van der Waals surface area contributed by atoms with Crippen molar-refractivity contribution >= 4 is 5.82 Å². The van der Waals surface area contributed by atoms with Crippen LogP contribution in [0.3, 0.4) is 0 Å². The first-order valence-electron chi connectivity index (χ1n) is 8.99. The van der Waals surface area contributed by atoms with Gasteiger partial charge in [0.15, 0.2) is 11.5 Å². The fourth-order valence-electron chi connectivity index (χ4n) is 3.83. The number of anilines is 1. The van der Waals surface area contributed by atoms with Gasteiger partial charge in [-0.2, -0.15) is 5.26 Å². The van der Waals surface area contributed by atoms with Crippen LogP contribution in [0.1, 0.15) is 30.7 Å². The van der Waals surface area contributed by atoms with E-state index in [-0.39, 0.29) is 6.04 Å². The molecule has 130 valence electrons. The molecule has 0 aliphatic carbocycles. The van der Waals surface area contributed by atoms with E-state index in [1.54, 1.807) is 18.6 Å². The largest absolute Gasteiger partial charge is 0.351 e. The van der Waals surface area contributed by atoms with Gasteiger partial charge < -0.3 is 4.90 Å². The predicted octanol–water partition coefficient (Wildman–Crippen LogP) is 1.84. The number of hydrogen-bond acceptors (Lipinski definition) is 6. The molecule has 2 atom stereocenters. The number of nitrogens with zero attached hydrogens (tertiary/aromatic N) is 6. The minimum absolute atomic E-state index is 0.273. The van der Waals surface area contributed by atoms with Gasteiger partial charge in [0.2, 0.25) is 0 Å². The smallest absolute Gasteiger partial charge is 0.183 e. The zero-order valence-corrected chi connectivity index (χ0v) is 14.5. The standard InChI is InChI=1S/C20H20N6/c21-14-19-20(24-11-10-23-19)25-12-13-26-17(5-3-6-18(26)15-25)8-7-16-4-1-2-9-22-16/h1-2,4,9-11,17-18H,3,5-6,12-13,15H2/t17?,18-/m0/s1. The Morgan fingerprint density at radius 3 is 2.81 bits per heavy atom. The van der Waals surface area contributed by atoms with Gasteiger partial charge >= 0.3 is 0 Å². The topological polar surface area (TPSA) is 68.9 Å². The van der Waals surface area contributed by atoms with Crippen molar-refractivity contribution in [3.8, 4) is 17.9 Å². The lowest BCUT2D eigenvalue weighted by Gasteiger charge is -2.47. The van der Waals surface area contributed by atoms with Crippen LogP contribution in [0.5, 0.6) is 0 Å². The number of piperazine rings is 1. The molecular weight excluding hydrogens is 324 g/mol. The molecule has 2 aromatic heterocycles. The molecule has 0 spiro atoms. The van der Waals surface area contributed by atoms with Crippen molar-refractivity contribution in [1.29, 1.82) is 5.26 Å². The van der Waals surface area contributed by atoms with E-state index < -0.39 is 0 Å². The Morgan fingerprint density at radius 2 is 1.96 bits per heavy atom. The third-order valence-electron chi connectivity index (χ3n) is 5.06. The molecule has 0 saturated carbocycles. The van der Waals surface area contributed by atoms with Crippen molar-refractivity contribution in [3.05, 3.63) is 48.2 Å². The molecule has 2 aliphatic heterocycles. The molecule has 6 heteroatoms. The summed E-state index contributed by atoms with van der Waals surface area (Å²) < 4.78 is 0. The summed E-state index contributed by atoms with van der Waals surface area (Å²) in [5.74, 6) is 7.36. The van der Waals surface area contributed by atoms with Crippen LogP contribution in [0.25, 0.3) is 0 Å². The average molecular weight is 344 g/mol. The molecule has 2 aromatic rings. The van der Waals surface area contributed by atoms with E-state index in [0.717, 1.165) is 38.2 Å². The molecule has 4 heterocycles. The van der Waals surface area contributed by atoms with Gasteiger partial charge in [0.1, 0.15) is 11.8 Å². The second-order valence-corrected chi connectivity index (χ2v) is 6.61. The van der Waals surface area contributed by atoms with Gasteiger partial charge in [-0.15, -0.1) is 0 Å². The molecule has 2 aliphatic rings. The lowest BCUT2D eigenvalue weighted by atomic mass is 9.93. The van der Waals surface area contributed by atoms with E-state index in [1.807, 2.05) is 18.2 Å². The van der Waals surface area contributed by atoms with Crippen LogP contribution in [0.4, 0.5) is 5.82 Å². The SMILES string of the molecule is N#Cc1nccnc1N1CCN2C(C#Cc3ccccn3)CCC[C@H]2C1. The van der Waals surface area contributed by atoms with Crippen LogP contribution in [-0.2, 0) is 0 Å². The van der Waals surface area contributed by atoms with Gasteiger partial charge in [0, 0.05) is 44.3 Å². The van der Waals surface area contributed by atoms with Gasteiger partial charge in [-0.3, -0.25) is 4.90 Å². The Balaban J connectivity index is 1.49. The second-order valence-electron chi connectivity index (χ2n) is 6.61. The van der Waals surface area contributed by atoms with Crippen molar-refractivity contribution in [2.75, 3.05) is 24.5 Å². The van der Waals surface area contributed by atoms with E-state index in [4.69, 9.17) is 0 Å². The summed E-state index contributed by atoms with van der Waals surface area (Å²) >= 11 is 0. The highest BCUT2D eigenvalue weighted by molar-refractivity contribution is 5.50. The number of hydrogen-bond donors (Lipinski definition) is 0. The summed E-state index contributed by atoms with van der Waals surface area (Å²) in [7, 11) is 0. The first-order valence-corrected chi connectivity index (χ1v) is 8.99. The normalized spacial score (nSPS) is 22.7. The molecular formula is C20H20N6. The van der Waals surface area contributed by atoms with Crippen LogP contribution in [0.15, 0.2) is 36.8 Å². The van der Waals surface area contributed by atoms with Crippen LogP contribution in [-0.4, -0.2) is 51.6 Å². The van der Waals surface area contributed by atoms with Crippen LogP contribution < -0.4 is 4.90 Å². The third-order valence-corrected chi connectivity index (χ3v) is 5.06. The van der Waals surface area contributed by atoms with Crippen molar-refractivity contribution in [2.45, 2.75) is 31.3 Å². The van der Waals surface area contributed by atoms with E-state index in [0.29, 0.717) is 17.6 Å². The minimum atomic E-state index is 0.273. The summed E-state index contributed by atoms with van der Waals surface area (Å²) in [4.78, 5) is 17.5. The predicted molar refractivity (Wildman–Crippen MR) is 98.2 cm³/mol. The summed E-state index contributed by atoms with van der Waals surface area (Å²) in [6.07, 6.45) is 8.43. The maximum absolute atomic E-state index is 9.29. The molecule has 0 N–H and O–H groups in total. The Hall–Kier alpha value is -2.96. The average Bonchev–Trinajstić information content (AvgIpc) is 2.72. The quantitative estimate of drug-likeness (QED) is 0.735. The molecule has 2 fully saturated rings. The molecule has 4 rings (SSSR count).